The monoisotopic (exact) mass is 229 g/mol. The lowest BCUT2D eigenvalue weighted by Crippen LogP contribution is -2.18. The van der Waals surface area contributed by atoms with E-state index >= 15 is 0 Å². The van der Waals surface area contributed by atoms with Crippen molar-refractivity contribution in [3.05, 3.63) is 53.3 Å². The first kappa shape index (κ1) is 11.9. The molecule has 0 amide bonds. The van der Waals surface area contributed by atoms with Crippen molar-refractivity contribution in [3.8, 4) is 0 Å². The first-order valence-electron chi connectivity index (χ1n) is 5.94. The van der Waals surface area contributed by atoms with E-state index in [9.17, 15) is 0 Å². The van der Waals surface area contributed by atoms with Gasteiger partial charge in [-0.25, -0.2) is 0 Å². The summed E-state index contributed by atoms with van der Waals surface area (Å²) in [6.45, 7) is 5.16. The van der Waals surface area contributed by atoms with Crippen LogP contribution in [0.5, 0.6) is 0 Å². The van der Waals surface area contributed by atoms with Gasteiger partial charge in [0.15, 0.2) is 0 Å². The highest BCUT2D eigenvalue weighted by atomic mass is 15.3. The summed E-state index contributed by atoms with van der Waals surface area (Å²) < 4.78 is 1.91. The molecule has 1 N–H and O–H groups in total. The highest BCUT2D eigenvalue weighted by Crippen LogP contribution is 2.16. The van der Waals surface area contributed by atoms with E-state index in [1.807, 2.05) is 24.0 Å². The molecule has 2 rings (SSSR count). The van der Waals surface area contributed by atoms with Gasteiger partial charge in [-0.15, -0.1) is 0 Å². The van der Waals surface area contributed by atoms with Crippen LogP contribution in [0.15, 0.2) is 36.5 Å². The molecule has 17 heavy (non-hydrogen) atoms. The molecule has 1 aromatic heterocycles. The fourth-order valence-electron chi connectivity index (χ4n) is 1.92. The third-order valence-electron chi connectivity index (χ3n) is 3.19. The van der Waals surface area contributed by atoms with Crippen LogP contribution in [0.2, 0.25) is 0 Å². The molecule has 3 heteroatoms. The van der Waals surface area contributed by atoms with E-state index in [-0.39, 0.29) is 0 Å². The van der Waals surface area contributed by atoms with Crippen LogP contribution in [0.1, 0.15) is 29.8 Å². The van der Waals surface area contributed by atoms with E-state index in [0.29, 0.717) is 6.04 Å². The number of nitrogens with zero attached hydrogens (tertiary/aromatic N) is 2. The summed E-state index contributed by atoms with van der Waals surface area (Å²) in [7, 11) is 1.97. The molecular weight excluding hydrogens is 210 g/mol. The van der Waals surface area contributed by atoms with Gasteiger partial charge in [-0.3, -0.25) is 4.68 Å². The van der Waals surface area contributed by atoms with Crippen molar-refractivity contribution < 1.29 is 0 Å². The van der Waals surface area contributed by atoms with Gasteiger partial charge in [0, 0.05) is 30.9 Å². The van der Waals surface area contributed by atoms with E-state index in [1.165, 1.54) is 16.8 Å². The van der Waals surface area contributed by atoms with Crippen LogP contribution in [-0.4, -0.2) is 9.78 Å². The van der Waals surface area contributed by atoms with Crippen LogP contribution < -0.4 is 5.32 Å². The predicted molar refractivity (Wildman–Crippen MR) is 69.6 cm³/mol. The van der Waals surface area contributed by atoms with Crippen molar-refractivity contribution in [1.29, 1.82) is 0 Å². The maximum Gasteiger partial charge on any atom is 0.0540 e. The average molecular weight is 229 g/mol. The van der Waals surface area contributed by atoms with Crippen LogP contribution in [0, 0.1) is 6.92 Å². The molecule has 0 spiro atoms. The second-order valence-electron chi connectivity index (χ2n) is 4.40. The van der Waals surface area contributed by atoms with E-state index in [1.54, 1.807) is 0 Å². The molecule has 0 saturated carbocycles. The van der Waals surface area contributed by atoms with Crippen LogP contribution in [0.4, 0.5) is 0 Å². The SMILES string of the molecule is Cc1c(C(C)NCc2ccccc2)cnn1C. The molecular formula is C14H19N3. The van der Waals surface area contributed by atoms with Crippen LogP contribution in [-0.2, 0) is 13.6 Å². The van der Waals surface area contributed by atoms with E-state index in [0.717, 1.165) is 6.54 Å². The fourth-order valence-corrected chi connectivity index (χ4v) is 1.92. The van der Waals surface area contributed by atoms with Gasteiger partial charge in [0.05, 0.1) is 6.20 Å². The Morgan fingerprint density at radius 1 is 1.29 bits per heavy atom. The Hall–Kier alpha value is -1.61. The van der Waals surface area contributed by atoms with Gasteiger partial charge < -0.3 is 5.32 Å². The van der Waals surface area contributed by atoms with Crippen molar-refractivity contribution in [1.82, 2.24) is 15.1 Å². The maximum atomic E-state index is 4.27. The minimum Gasteiger partial charge on any atom is -0.306 e. The van der Waals surface area contributed by atoms with Crippen molar-refractivity contribution in [2.24, 2.45) is 7.05 Å². The standard InChI is InChI=1S/C14H19N3/c1-11(14-10-16-17(3)12(14)2)15-9-13-7-5-4-6-8-13/h4-8,10-11,15H,9H2,1-3H3. The zero-order valence-electron chi connectivity index (χ0n) is 10.6. The van der Waals surface area contributed by atoms with Gasteiger partial charge in [0.25, 0.3) is 0 Å². The Morgan fingerprint density at radius 2 is 2.00 bits per heavy atom. The number of benzene rings is 1. The lowest BCUT2D eigenvalue weighted by molar-refractivity contribution is 0.570. The van der Waals surface area contributed by atoms with Gasteiger partial charge in [0.1, 0.15) is 0 Å². The van der Waals surface area contributed by atoms with Gasteiger partial charge in [0.2, 0.25) is 0 Å². The first-order valence-corrected chi connectivity index (χ1v) is 5.94. The Kier molecular flexibility index (Phi) is 3.59. The second-order valence-corrected chi connectivity index (χ2v) is 4.40. The van der Waals surface area contributed by atoms with Gasteiger partial charge >= 0.3 is 0 Å². The quantitative estimate of drug-likeness (QED) is 0.873. The summed E-state index contributed by atoms with van der Waals surface area (Å²) in [6, 6.07) is 10.8. The molecule has 3 nitrogen and oxygen atoms in total. The summed E-state index contributed by atoms with van der Waals surface area (Å²) in [5.41, 5.74) is 3.79. The Bertz CT molecular complexity index is 473. The largest absolute Gasteiger partial charge is 0.306 e. The van der Waals surface area contributed by atoms with Crippen LogP contribution in [0.3, 0.4) is 0 Å². The molecule has 1 unspecified atom stereocenters. The van der Waals surface area contributed by atoms with Crippen molar-refractivity contribution >= 4 is 0 Å². The zero-order chi connectivity index (χ0) is 12.3. The summed E-state index contributed by atoms with van der Waals surface area (Å²) in [4.78, 5) is 0. The number of hydrogen-bond donors (Lipinski definition) is 1. The lowest BCUT2D eigenvalue weighted by Gasteiger charge is -2.13. The minimum atomic E-state index is 0.323. The Morgan fingerprint density at radius 3 is 2.59 bits per heavy atom. The number of rotatable bonds is 4. The van der Waals surface area contributed by atoms with Gasteiger partial charge in [-0.2, -0.15) is 5.10 Å². The summed E-state index contributed by atoms with van der Waals surface area (Å²) in [5, 5.41) is 7.78. The molecule has 0 bridgehead atoms. The van der Waals surface area contributed by atoms with E-state index in [4.69, 9.17) is 0 Å². The molecule has 0 saturated heterocycles. The van der Waals surface area contributed by atoms with Gasteiger partial charge in [-0.1, -0.05) is 30.3 Å². The normalized spacial score (nSPS) is 12.6. The van der Waals surface area contributed by atoms with E-state index < -0.39 is 0 Å². The predicted octanol–water partition coefficient (Wildman–Crippen LogP) is 2.58. The van der Waals surface area contributed by atoms with Crippen LogP contribution in [0.25, 0.3) is 0 Å². The van der Waals surface area contributed by atoms with E-state index in [2.05, 4.69) is 48.5 Å². The molecule has 0 fully saturated rings. The summed E-state index contributed by atoms with van der Waals surface area (Å²) in [6.07, 6.45) is 1.94. The highest BCUT2D eigenvalue weighted by Gasteiger charge is 2.10. The molecule has 1 atom stereocenters. The van der Waals surface area contributed by atoms with Crippen molar-refractivity contribution in [2.45, 2.75) is 26.4 Å². The molecule has 2 aromatic rings. The topological polar surface area (TPSA) is 29.9 Å². The maximum absolute atomic E-state index is 4.27. The number of aryl methyl sites for hydroxylation is 1. The second kappa shape index (κ2) is 5.15. The number of nitrogens with one attached hydrogen (secondary N) is 1. The Balaban J connectivity index is 1.98. The zero-order valence-corrected chi connectivity index (χ0v) is 10.6. The Labute approximate surface area is 102 Å². The lowest BCUT2D eigenvalue weighted by atomic mass is 10.1. The fraction of sp³-hybridized carbons (Fsp3) is 0.357. The molecule has 0 radical (unpaired) electrons. The average Bonchev–Trinajstić information content (AvgIpc) is 2.69. The van der Waals surface area contributed by atoms with Crippen LogP contribution >= 0.6 is 0 Å². The highest BCUT2D eigenvalue weighted by molar-refractivity contribution is 5.20. The molecule has 1 aromatic carbocycles. The minimum absolute atomic E-state index is 0.323. The molecule has 1 heterocycles. The molecule has 0 aliphatic heterocycles. The summed E-state index contributed by atoms with van der Waals surface area (Å²) >= 11 is 0. The third kappa shape index (κ3) is 2.74. The summed E-state index contributed by atoms with van der Waals surface area (Å²) in [5.74, 6) is 0. The first-order chi connectivity index (χ1) is 8.18. The van der Waals surface area contributed by atoms with Gasteiger partial charge in [-0.05, 0) is 19.4 Å². The van der Waals surface area contributed by atoms with Crippen molar-refractivity contribution in [2.75, 3.05) is 0 Å². The smallest absolute Gasteiger partial charge is 0.0540 e. The van der Waals surface area contributed by atoms with Crippen molar-refractivity contribution in [3.63, 3.8) is 0 Å². The third-order valence-corrected chi connectivity index (χ3v) is 3.19. The number of aromatic nitrogens is 2. The number of hydrogen-bond acceptors (Lipinski definition) is 2. The molecule has 0 aliphatic carbocycles. The molecule has 0 aliphatic rings. The molecule has 90 valence electrons.